The van der Waals surface area contributed by atoms with Crippen molar-refractivity contribution < 1.29 is 4.42 Å². The molecule has 0 aliphatic carbocycles. The molecule has 0 unspecified atom stereocenters. The summed E-state index contributed by atoms with van der Waals surface area (Å²) in [5, 5.41) is 13.8. The summed E-state index contributed by atoms with van der Waals surface area (Å²) in [4.78, 5) is 19.0. The molecule has 0 fully saturated rings. The van der Waals surface area contributed by atoms with Crippen molar-refractivity contribution in [1.29, 1.82) is 0 Å². The lowest BCUT2D eigenvalue weighted by Crippen LogP contribution is -2.34. The first-order chi connectivity index (χ1) is 19.1. The third-order valence-electron chi connectivity index (χ3n) is 6.84. The van der Waals surface area contributed by atoms with Gasteiger partial charge in [-0.25, -0.2) is 4.68 Å². The van der Waals surface area contributed by atoms with E-state index in [-0.39, 0.29) is 5.56 Å². The Balaban J connectivity index is 1.52. The number of benzene rings is 3. The fraction of sp³-hybridized carbons (Fsp3) is 0.161. The van der Waals surface area contributed by atoms with Crippen molar-refractivity contribution in [2.45, 2.75) is 32.6 Å². The molecule has 6 rings (SSSR count). The maximum absolute atomic E-state index is 13.7. The highest BCUT2D eigenvalue weighted by Crippen LogP contribution is 2.30. The minimum absolute atomic E-state index is 0.176. The molecular formula is C31H28N6O2. The molecule has 0 saturated heterocycles. The molecular weight excluding hydrogens is 488 g/mol. The summed E-state index contributed by atoms with van der Waals surface area (Å²) >= 11 is 0. The predicted molar refractivity (Wildman–Crippen MR) is 149 cm³/mol. The van der Waals surface area contributed by atoms with Crippen LogP contribution in [0, 0.1) is 6.92 Å². The third kappa shape index (κ3) is 5.42. The van der Waals surface area contributed by atoms with Crippen molar-refractivity contribution in [3.05, 3.63) is 148 Å². The Morgan fingerprint density at radius 2 is 1.67 bits per heavy atom. The maximum Gasteiger partial charge on any atom is 0.253 e. The number of fused-ring (bicyclic) bond motifs is 1. The van der Waals surface area contributed by atoms with Crippen LogP contribution in [0.15, 0.2) is 113 Å². The van der Waals surface area contributed by atoms with Crippen LogP contribution in [0.2, 0.25) is 0 Å². The van der Waals surface area contributed by atoms with Gasteiger partial charge >= 0.3 is 0 Å². The van der Waals surface area contributed by atoms with E-state index in [1.54, 1.807) is 10.9 Å². The Morgan fingerprint density at radius 1 is 0.897 bits per heavy atom. The van der Waals surface area contributed by atoms with Crippen LogP contribution in [-0.2, 0) is 19.6 Å². The monoisotopic (exact) mass is 516 g/mol. The number of aryl methyl sites for hydroxylation is 1. The fourth-order valence-corrected chi connectivity index (χ4v) is 4.97. The van der Waals surface area contributed by atoms with E-state index < -0.39 is 6.04 Å². The fourth-order valence-electron chi connectivity index (χ4n) is 4.97. The first kappa shape index (κ1) is 24.5. The summed E-state index contributed by atoms with van der Waals surface area (Å²) in [5.41, 5.74) is 4.44. The van der Waals surface area contributed by atoms with Gasteiger partial charge in [0.05, 0.1) is 19.4 Å². The summed E-state index contributed by atoms with van der Waals surface area (Å²) in [5.74, 6) is 1.36. The minimum Gasteiger partial charge on any atom is -0.468 e. The first-order valence-electron chi connectivity index (χ1n) is 12.9. The molecule has 194 valence electrons. The van der Waals surface area contributed by atoms with E-state index in [1.165, 1.54) is 0 Å². The summed E-state index contributed by atoms with van der Waals surface area (Å²) in [6.07, 6.45) is 1.66. The summed E-state index contributed by atoms with van der Waals surface area (Å²) in [6, 6.07) is 31.5. The molecule has 3 aromatic carbocycles. The zero-order chi connectivity index (χ0) is 26.6. The number of hydrogen-bond donors (Lipinski definition) is 1. The average molecular weight is 517 g/mol. The lowest BCUT2D eigenvalue weighted by atomic mass is 10.0. The topological polar surface area (TPSA) is 92.8 Å². The van der Waals surface area contributed by atoms with Crippen LogP contribution >= 0.6 is 0 Å². The second-order valence-electron chi connectivity index (χ2n) is 9.70. The van der Waals surface area contributed by atoms with E-state index in [9.17, 15) is 4.79 Å². The van der Waals surface area contributed by atoms with Crippen LogP contribution < -0.4 is 5.56 Å². The molecule has 8 nitrogen and oxygen atoms in total. The van der Waals surface area contributed by atoms with Crippen molar-refractivity contribution in [2.24, 2.45) is 0 Å². The number of aromatic amines is 1. The van der Waals surface area contributed by atoms with Gasteiger partial charge in [-0.2, -0.15) is 0 Å². The van der Waals surface area contributed by atoms with Crippen LogP contribution in [0.5, 0.6) is 0 Å². The molecule has 6 aromatic rings. The lowest BCUT2D eigenvalue weighted by molar-refractivity contribution is 0.179. The van der Waals surface area contributed by atoms with Crippen molar-refractivity contribution in [3.63, 3.8) is 0 Å². The van der Waals surface area contributed by atoms with Gasteiger partial charge in [-0.3, -0.25) is 9.69 Å². The second-order valence-corrected chi connectivity index (χ2v) is 9.70. The highest BCUT2D eigenvalue weighted by Gasteiger charge is 2.31. The average Bonchev–Trinajstić information content (AvgIpc) is 3.63. The van der Waals surface area contributed by atoms with E-state index in [4.69, 9.17) is 4.42 Å². The van der Waals surface area contributed by atoms with Gasteiger partial charge in [-0.15, -0.1) is 5.10 Å². The molecule has 39 heavy (non-hydrogen) atoms. The Labute approximate surface area is 225 Å². The zero-order valence-electron chi connectivity index (χ0n) is 21.6. The van der Waals surface area contributed by atoms with E-state index in [2.05, 4.69) is 37.5 Å². The van der Waals surface area contributed by atoms with Crippen LogP contribution in [0.25, 0.3) is 10.9 Å². The van der Waals surface area contributed by atoms with Crippen molar-refractivity contribution in [1.82, 2.24) is 30.1 Å². The molecule has 0 bridgehead atoms. The normalized spacial score (nSPS) is 12.3. The molecule has 8 heteroatoms. The number of nitrogens with zero attached hydrogens (tertiary/aromatic N) is 5. The highest BCUT2D eigenvalue weighted by molar-refractivity contribution is 5.79. The molecule has 0 radical (unpaired) electrons. The van der Waals surface area contributed by atoms with Gasteiger partial charge in [0.25, 0.3) is 5.56 Å². The molecule has 0 aliphatic rings. The van der Waals surface area contributed by atoms with E-state index in [0.717, 1.165) is 33.4 Å². The lowest BCUT2D eigenvalue weighted by Gasteiger charge is -2.30. The molecule has 3 aromatic heterocycles. The quantitative estimate of drug-likeness (QED) is 0.282. The summed E-state index contributed by atoms with van der Waals surface area (Å²) < 4.78 is 7.54. The van der Waals surface area contributed by atoms with E-state index in [0.29, 0.717) is 31.0 Å². The molecule has 1 atom stereocenters. The first-order valence-corrected chi connectivity index (χ1v) is 12.9. The number of pyridine rings is 1. The molecule has 0 saturated carbocycles. The molecule has 0 spiro atoms. The Morgan fingerprint density at radius 3 is 2.41 bits per heavy atom. The second kappa shape index (κ2) is 10.9. The number of hydrogen-bond acceptors (Lipinski definition) is 6. The van der Waals surface area contributed by atoms with Crippen LogP contribution in [0.3, 0.4) is 0 Å². The van der Waals surface area contributed by atoms with Crippen molar-refractivity contribution in [3.8, 4) is 0 Å². The van der Waals surface area contributed by atoms with Gasteiger partial charge in [0.1, 0.15) is 11.8 Å². The number of furan rings is 1. The number of tetrazole rings is 1. The van der Waals surface area contributed by atoms with Gasteiger partial charge in [-0.05, 0) is 63.7 Å². The van der Waals surface area contributed by atoms with E-state index >= 15 is 0 Å². The Bertz CT molecular complexity index is 1730. The molecule has 1 N–H and O–H groups in total. The largest absolute Gasteiger partial charge is 0.468 e. The molecule has 0 aliphatic heterocycles. The van der Waals surface area contributed by atoms with Gasteiger partial charge in [0.2, 0.25) is 0 Å². The van der Waals surface area contributed by atoms with Gasteiger partial charge in [0.15, 0.2) is 5.82 Å². The van der Waals surface area contributed by atoms with E-state index in [1.807, 2.05) is 91.9 Å². The maximum atomic E-state index is 13.7. The van der Waals surface area contributed by atoms with Gasteiger partial charge in [0, 0.05) is 17.6 Å². The SMILES string of the molecule is Cc1ccc2cc([C@@H](c3nnnn3Cc3ccccc3)N(Cc3ccccc3)Cc3ccco3)c(=O)[nH]c2c1. The summed E-state index contributed by atoms with van der Waals surface area (Å²) in [6.45, 7) is 3.49. The van der Waals surface area contributed by atoms with Crippen LogP contribution in [0.1, 0.15) is 39.9 Å². The van der Waals surface area contributed by atoms with Crippen LogP contribution in [-0.4, -0.2) is 30.1 Å². The highest BCUT2D eigenvalue weighted by atomic mass is 16.3. The minimum atomic E-state index is -0.552. The molecule has 3 heterocycles. The van der Waals surface area contributed by atoms with Crippen molar-refractivity contribution in [2.75, 3.05) is 0 Å². The zero-order valence-corrected chi connectivity index (χ0v) is 21.6. The standard InChI is InChI=1S/C31H28N6O2/c1-22-14-15-25-18-27(31(38)32-28(25)17-22)29(30-33-34-35-37(30)20-24-11-6-3-7-12-24)36(21-26-13-8-16-39-26)19-23-9-4-2-5-10-23/h2-18,29H,19-21H2,1H3,(H,32,38)/t29-/m0/s1. The predicted octanol–water partition coefficient (Wildman–Crippen LogP) is 5.26. The number of rotatable bonds is 9. The van der Waals surface area contributed by atoms with Crippen LogP contribution in [0.4, 0.5) is 0 Å². The van der Waals surface area contributed by atoms with Gasteiger partial charge in [-0.1, -0.05) is 72.8 Å². The molecule has 0 amide bonds. The number of H-pyrrole nitrogens is 1. The Hall–Kier alpha value is -4.82. The van der Waals surface area contributed by atoms with Crippen molar-refractivity contribution >= 4 is 10.9 Å². The number of nitrogens with one attached hydrogen (secondary N) is 1. The summed E-state index contributed by atoms with van der Waals surface area (Å²) in [7, 11) is 0. The Kier molecular flexibility index (Phi) is 6.84. The number of aromatic nitrogens is 5. The van der Waals surface area contributed by atoms with Gasteiger partial charge < -0.3 is 9.40 Å². The smallest absolute Gasteiger partial charge is 0.253 e. The third-order valence-corrected chi connectivity index (χ3v) is 6.84.